The smallest absolute Gasteiger partial charge is 0.405 e. The van der Waals surface area contributed by atoms with E-state index in [9.17, 15) is 31.2 Å². The molecular weight excluding hydrogens is 389 g/mol. The van der Waals surface area contributed by atoms with Crippen molar-refractivity contribution in [3.63, 3.8) is 0 Å². The zero-order valence-electron chi connectivity index (χ0n) is 13.1. The molecule has 0 fully saturated rings. The number of esters is 1. The van der Waals surface area contributed by atoms with Crippen molar-refractivity contribution in [1.29, 1.82) is 0 Å². The van der Waals surface area contributed by atoms with Crippen LogP contribution in [-0.4, -0.2) is 58.0 Å². The first-order chi connectivity index (χ1) is 11.3. The number of carbonyl (C=O) groups excluding carboxylic acids is 2. The summed E-state index contributed by atoms with van der Waals surface area (Å²) in [5.74, 6) is -2.32. The molecule has 12 heteroatoms. The number of ether oxygens (including phenoxy) is 1. The Bertz CT molecular complexity index is 765. The van der Waals surface area contributed by atoms with E-state index in [0.717, 1.165) is 16.4 Å². The lowest BCUT2D eigenvalue weighted by molar-refractivity contribution is -0.140. The van der Waals surface area contributed by atoms with Crippen molar-refractivity contribution in [3.05, 3.63) is 28.8 Å². The van der Waals surface area contributed by atoms with Crippen molar-refractivity contribution in [2.24, 2.45) is 0 Å². The molecule has 0 aliphatic rings. The van der Waals surface area contributed by atoms with Crippen LogP contribution in [0, 0.1) is 0 Å². The molecule has 0 aliphatic heterocycles. The number of amides is 1. The molecule has 1 N–H and O–H groups in total. The highest BCUT2D eigenvalue weighted by Gasteiger charge is 2.28. The first-order valence-electron chi connectivity index (χ1n) is 6.57. The summed E-state index contributed by atoms with van der Waals surface area (Å²) >= 11 is 5.80. The molecule has 0 spiro atoms. The Labute approximate surface area is 146 Å². The fourth-order valence-electron chi connectivity index (χ4n) is 1.49. The summed E-state index contributed by atoms with van der Waals surface area (Å²) in [6, 6.07) is 3.27. The zero-order valence-corrected chi connectivity index (χ0v) is 14.6. The third-order valence-electron chi connectivity index (χ3n) is 2.76. The Balaban J connectivity index is 2.84. The van der Waals surface area contributed by atoms with E-state index in [4.69, 9.17) is 11.6 Å². The molecule has 0 unspecified atom stereocenters. The maximum atomic E-state index is 12.0. The molecule has 1 rings (SSSR count). The number of hydrogen-bond donors (Lipinski definition) is 1. The van der Waals surface area contributed by atoms with Gasteiger partial charge in [-0.05, 0) is 18.2 Å². The van der Waals surface area contributed by atoms with Gasteiger partial charge in [-0.3, -0.25) is 4.79 Å². The fourth-order valence-corrected chi connectivity index (χ4v) is 2.61. The molecule has 7 nitrogen and oxygen atoms in total. The summed E-state index contributed by atoms with van der Waals surface area (Å²) < 4.78 is 65.4. The average molecular weight is 403 g/mol. The van der Waals surface area contributed by atoms with Crippen LogP contribution < -0.4 is 5.32 Å². The minimum Gasteiger partial charge on any atom is -0.452 e. The molecule has 0 aromatic heterocycles. The number of rotatable bonds is 6. The van der Waals surface area contributed by atoms with Gasteiger partial charge < -0.3 is 10.1 Å². The van der Waals surface area contributed by atoms with E-state index >= 15 is 0 Å². The second kappa shape index (κ2) is 8.02. The van der Waals surface area contributed by atoms with Crippen molar-refractivity contribution in [3.8, 4) is 0 Å². The van der Waals surface area contributed by atoms with Crippen LogP contribution in [0.4, 0.5) is 13.2 Å². The number of nitrogens with zero attached hydrogens (tertiary/aromatic N) is 1. The molecule has 0 saturated heterocycles. The van der Waals surface area contributed by atoms with Gasteiger partial charge in [-0.1, -0.05) is 11.6 Å². The van der Waals surface area contributed by atoms with Crippen molar-refractivity contribution in [2.45, 2.75) is 11.1 Å². The number of alkyl halides is 3. The SMILES string of the molecule is CN(C)S(=O)(=O)c1ccc(Cl)c(C(=O)OCC(=O)NCC(F)(F)F)c1. The zero-order chi connectivity index (χ0) is 19.4. The lowest BCUT2D eigenvalue weighted by Crippen LogP contribution is -2.36. The summed E-state index contributed by atoms with van der Waals surface area (Å²) in [5, 5.41) is 1.38. The highest BCUT2D eigenvalue weighted by atomic mass is 35.5. The highest BCUT2D eigenvalue weighted by Crippen LogP contribution is 2.22. The Hall–Kier alpha value is -1.85. The van der Waals surface area contributed by atoms with E-state index in [1.165, 1.54) is 25.5 Å². The van der Waals surface area contributed by atoms with Gasteiger partial charge in [0.15, 0.2) is 6.61 Å². The van der Waals surface area contributed by atoms with Crippen LogP contribution in [0.15, 0.2) is 23.1 Å². The van der Waals surface area contributed by atoms with E-state index < -0.39 is 41.2 Å². The number of nitrogens with one attached hydrogen (secondary N) is 1. The molecule has 0 atom stereocenters. The van der Waals surface area contributed by atoms with E-state index in [2.05, 4.69) is 4.74 Å². The molecule has 1 aromatic carbocycles. The average Bonchev–Trinajstić information content (AvgIpc) is 2.49. The van der Waals surface area contributed by atoms with Crippen LogP contribution >= 0.6 is 11.6 Å². The van der Waals surface area contributed by atoms with E-state index in [1.807, 2.05) is 0 Å². The second-order valence-corrected chi connectivity index (χ2v) is 7.46. The quantitative estimate of drug-likeness (QED) is 0.726. The third-order valence-corrected chi connectivity index (χ3v) is 4.90. The molecule has 0 radical (unpaired) electrons. The van der Waals surface area contributed by atoms with E-state index in [0.29, 0.717) is 0 Å². The predicted molar refractivity (Wildman–Crippen MR) is 81.7 cm³/mol. The van der Waals surface area contributed by atoms with Gasteiger partial charge >= 0.3 is 12.1 Å². The Morgan fingerprint density at radius 1 is 1.28 bits per heavy atom. The minimum atomic E-state index is -4.60. The summed E-state index contributed by atoms with van der Waals surface area (Å²) in [7, 11) is -1.27. The normalized spacial score (nSPS) is 12.1. The topological polar surface area (TPSA) is 92.8 Å². The molecule has 1 aromatic rings. The molecule has 1 amide bonds. The molecule has 0 saturated carbocycles. The standard InChI is InChI=1S/C13H14ClF3N2O5S/c1-19(2)25(22,23)8-3-4-10(14)9(5-8)12(21)24-6-11(20)18-7-13(15,16)17/h3-5H,6-7H2,1-2H3,(H,18,20). The summed E-state index contributed by atoms with van der Waals surface area (Å²) in [5.41, 5.74) is -0.340. The molecule has 0 heterocycles. The van der Waals surface area contributed by atoms with Gasteiger partial charge in [0.2, 0.25) is 10.0 Å². The van der Waals surface area contributed by atoms with E-state index in [1.54, 1.807) is 0 Å². The van der Waals surface area contributed by atoms with Gasteiger partial charge in [0.25, 0.3) is 5.91 Å². The van der Waals surface area contributed by atoms with Gasteiger partial charge in [0.1, 0.15) is 6.54 Å². The lowest BCUT2D eigenvalue weighted by Gasteiger charge is -2.13. The van der Waals surface area contributed by atoms with Crippen LogP contribution in [-0.2, 0) is 19.6 Å². The molecule has 0 aliphatic carbocycles. The Morgan fingerprint density at radius 2 is 1.88 bits per heavy atom. The lowest BCUT2D eigenvalue weighted by atomic mass is 10.2. The first kappa shape index (κ1) is 21.2. The summed E-state index contributed by atoms with van der Waals surface area (Å²) in [4.78, 5) is 22.9. The number of halogens is 4. The number of carbonyl (C=O) groups is 2. The molecule has 0 bridgehead atoms. The van der Waals surface area contributed by atoms with Crippen LogP contribution in [0.1, 0.15) is 10.4 Å². The van der Waals surface area contributed by atoms with Crippen molar-refractivity contribution in [2.75, 3.05) is 27.2 Å². The summed E-state index contributed by atoms with van der Waals surface area (Å²) in [6.07, 6.45) is -4.60. The van der Waals surface area contributed by atoms with Crippen LogP contribution in [0.3, 0.4) is 0 Å². The van der Waals surface area contributed by atoms with E-state index in [-0.39, 0.29) is 15.5 Å². The van der Waals surface area contributed by atoms with Crippen LogP contribution in [0.5, 0.6) is 0 Å². The third kappa shape index (κ3) is 6.18. The predicted octanol–water partition coefficient (Wildman–Crippen LogP) is 1.43. The number of benzene rings is 1. The number of hydrogen-bond acceptors (Lipinski definition) is 5. The minimum absolute atomic E-state index is 0.140. The fraction of sp³-hybridized carbons (Fsp3) is 0.385. The van der Waals surface area contributed by atoms with Crippen molar-refractivity contribution < 1.29 is 35.9 Å². The van der Waals surface area contributed by atoms with Gasteiger partial charge in [0.05, 0.1) is 15.5 Å². The maximum absolute atomic E-state index is 12.0. The van der Waals surface area contributed by atoms with Crippen LogP contribution in [0.25, 0.3) is 0 Å². The summed E-state index contributed by atoms with van der Waals surface area (Å²) in [6.45, 7) is -2.55. The molecule has 25 heavy (non-hydrogen) atoms. The van der Waals surface area contributed by atoms with Gasteiger partial charge in [-0.2, -0.15) is 13.2 Å². The number of sulfonamides is 1. The van der Waals surface area contributed by atoms with Crippen molar-refractivity contribution in [1.82, 2.24) is 9.62 Å². The molecular formula is C13H14ClF3N2O5S. The van der Waals surface area contributed by atoms with Gasteiger partial charge in [-0.25, -0.2) is 17.5 Å². The monoisotopic (exact) mass is 402 g/mol. The first-order valence-corrected chi connectivity index (χ1v) is 8.39. The van der Waals surface area contributed by atoms with Crippen molar-refractivity contribution >= 4 is 33.5 Å². The van der Waals surface area contributed by atoms with Crippen LogP contribution in [0.2, 0.25) is 5.02 Å². The van der Waals surface area contributed by atoms with Gasteiger partial charge in [0, 0.05) is 14.1 Å². The Morgan fingerprint density at radius 3 is 2.40 bits per heavy atom. The maximum Gasteiger partial charge on any atom is 0.405 e. The molecule has 140 valence electrons. The highest BCUT2D eigenvalue weighted by molar-refractivity contribution is 7.89. The second-order valence-electron chi connectivity index (χ2n) is 4.90. The van der Waals surface area contributed by atoms with Gasteiger partial charge in [-0.15, -0.1) is 0 Å². The largest absolute Gasteiger partial charge is 0.452 e. The Kier molecular flexibility index (Phi) is 6.80.